The molecule has 76 valence electrons. The largest absolute Gasteiger partial charge is 0.477 e. The second-order valence-electron chi connectivity index (χ2n) is 2.86. The van der Waals surface area contributed by atoms with Crippen molar-refractivity contribution in [2.75, 3.05) is 0 Å². The van der Waals surface area contributed by atoms with Gasteiger partial charge in [0.15, 0.2) is 6.29 Å². The Kier molecular flexibility index (Phi) is 2.55. The van der Waals surface area contributed by atoms with Gasteiger partial charge in [-0.15, -0.1) is 0 Å². The number of aliphatic hydroxyl groups excluding tert-OH is 3. The lowest BCUT2D eigenvalue weighted by Crippen LogP contribution is -2.58. The van der Waals surface area contributed by atoms with Crippen molar-refractivity contribution in [2.24, 2.45) is 0 Å². The van der Waals surface area contributed by atoms with Gasteiger partial charge in [-0.05, 0) is 0 Å². The van der Waals surface area contributed by atoms with Crippen molar-refractivity contribution in [1.29, 1.82) is 0 Å². The van der Waals surface area contributed by atoms with Crippen molar-refractivity contribution in [3.8, 4) is 0 Å². The van der Waals surface area contributed by atoms with E-state index in [0.717, 1.165) is 0 Å². The molecule has 1 aliphatic heterocycles. The molecule has 1 heterocycles. The van der Waals surface area contributed by atoms with Crippen molar-refractivity contribution >= 4 is 5.97 Å². The van der Waals surface area contributed by atoms with E-state index in [-0.39, 0.29) is 0 Å². The molecule has 0 aromatic heterocycles. The lowest BCUT2D eigenvalue weighted by Gasteiger charge is -2.37. The summed E-state index contributed by atoms with van der Waals surface area (Å²) >= 11 is 0. The Labute approximate surface area is 72.8 Å². The molecule has 0 radical (unpaired) electrons. The summed E-state index contributed by atoms with van der Waals surface area (Å²) in [6.07, 6.45) is -5.75. The maximum atomic E-state index is 10.4. The molecule has 1 fully saturated rings. The summed E-state index contributed by atoms with van der Waals surface area (Å²) in [4.78, 5) is 10.4. The number of carboxylic acid groups (broad SMARTS) is 1. The van der Waals surface area contributed by atoms with Gasteiger partial charge in [-0.3, -0.25) is 0 Å². The molecule has 0 aromatic rings. The number of carboxylic acids is 1. The third-order valence-corrected chi connectivity index (χ3v) is 1.82. The topological polar surface area (TPSA) is 127 Å². The van der Waals surface area contributed by atoms with E-state index in [9.17, 15) is 4.79 Å². The zero-order valence-electron chi connectivity index (χ0n) is 6.49. The van der Waals surface area contributed by atoms with Gasteiger partial charge in [-0.25, -0.2) is 4.79 Å². The average Bonchev–Trinajstić information content (AvgIpc) is 2.00. The van der Waals surface area contributed by atoms with Crippen molar-refractivity contribution < 1.29 is 35.1 Å². The molecule has 0 aromatic carbocycles. The molecule has 0 saturated carbocycles. The van der Waals surface area contributed by atoms with Gasteiger partial charge in [0.2, 0.25) is 0 Å². The minimum Gasteiger partial charge on any atom is -0.477 e. The number of ether oxygens (including phenoxy) is 1. The van der Waals surface area contributed by atoms with Crippen molar-refractivity contribution in [2.45, 2.75) is 30.7 Å². The molecule has 1 aliphatic rings. The molecule has 0 amide bonds. The van der Waals surface area contributed by atoms with E-state index in [2.05, 4.69) is 4.74 Å². The Hall–Kier alpha value is -0.730. The SMILES string of the molecule is O=C(O)C1(O)C[C@@H](O)C(O)[C@H](O)O1. The molecule has 2 unspecified atom stereocenters. The highest BCUT2D eigenvalue weighted by Gasteiger charge is 2.49. The van der Waals surface area contributed by atoms with E-state index in [1.807, 2.05) is 0 Å². The van der Waals surface area contributed by atoms with E-state index in [1.54, 1.807) is 0 Å². The Morgan fingerprint density at radius 2 is 1.92 bits per heavy atom. The highest BCUT2D eigenvalue weighted by atomic mass is 16.7. The van der Waals surface area contributed by atoms with E-state index in [0.29, 0.717) is 0 Å². The van der Waals surface area contributed by atoms with Gasteiger partial charge in [0.05, 0.1) is 6.10 Å². The summed E-state index contributed by atoms with van der Waals surface area (Å²) in [5, 5.41) is 44.4. The molecule has 0 aliphatic carbocycles. The number of hydrogen-bond donors (Lipinski definition) is 5. The van der Waals surface area contributed by atoms with E-state index in [4.69, 9.17) is 25.5 Å². The van der Waals surface area contributed by atoms with E-state index >= 15 is 0 Å². The van der Waals surface area contributed by atoms with Gasteiger partial charge < -0.3 is 30.3 Å². The fraction of sp³-hybridized carbons (Fsp3) is 0.833. The number of hydrogen-bond acceptors (Lipinski definition) is 6. The Morgan fingerprint density at radius 3 is 2.31 bits per heavy atom. The van der Waals surface area contributed by atoms with Crippen LogP contribution < -0.4 is 0 Å². The maximum Gasteiger partial charge on any atom is 0.364 e. The molecule has 5 N–H and O–H groups in total. The molecule has 7 heteroatoms. The Balaban J connectivity index is 2.79. The summed E-state index contributed by atoms with van der Waals surface area (Å²) in [6.45, 7) is 0. The molecule has 1 saturated heterocycles. The minimum atomic E-state index is -2.64. The highest BCUT2D eigenvalue weighted by Crippen LogP contribution is 2.26. The van der Waals surface area contributed by atoms with Crippen LogP contribution in [0.1, 0.15) is 6.42 Å². The van der Waals surface area contributed by atoms with Crippen LogP contribution in [0.15, 0.2) is 0 Å². The first-order chi connectivity index (χ1) is 5.87. The van der Waals surface area contributed by atoms with Crippen LogP contribution in [0, 0.1) is 0 Å². The quantitative estimate of drug-likeness (QED) is 0.305. The second-order valence-corrected chi connectivity index (χ2v) is 2.86. The van der Waals surface area contributed by atoms with Crippen LogP contribution >= 0.6 is 0 Å². The third kappa shape index (κ3) is 1.79. The van der Waals surface area contributed by atoms with Crippen LogP contribution in [0.3, 0.4) is 0 Å². The lowest BCUT2D eigenvalue weighted by atomic mass is 10.00. The standard InChI is InChI=1S/C6H10O7/c7-2-1-6(12,5(10)11)13-4(9)3(2)8/h2-4,7-9,12H,1H2,(H,10,11)/t2-,3?,4-,6?/m1/s1. The fourth-order valence-corrected chi connectivity index (χ4v) is 1.05. The molecule has 1 rings (SSSR count). The number of carbonyl (C=O) groups is 1. The zero-order valence-corrected chi connectivity index (χ0v) is 6.49. The zero-order chi connectivity index (χ0) is 10.2. The number of aliphatic carboxylic acids is 1. The molecular weight excluding hydrogens is 184 g/mol. The normalized spacial score (nSPS) is 46.0. The van der Waals surface area contributed by atoms with E-state index < -0.39 is 36.7 Å². The third-order valence-electron chi connectivity index (χ3n) is 1.82. The van der Waals surface area contributed by atoms with Gasteiger partial charge in [-0.2, -0.15) is 0 Å². The molecule has 0 bridgehead atoms. The van der Waals surface area contributed by atoms with Gasteiger partial charge in [-0.1, -0.05) is 0 Å². The van der Waals surface area contributed by atoms with Crippen molar-refractivity contribution in [3.05, 3.63) is 0 Å². The van der Waals surface area contributed by atoms with Crippen LogP contribution in [-0.4, -0.2) is 55.8 Å². The molecule has 0 spiro atoms. The van der Waals surface area contributed by atoms with Crippen LogP contribution in [0.5, 0.6) is 0 Å². The summed E-state index contributed by atoms with van der Waals surface area (Å²) < 4.78 is 4.22. The Morgan fingerprint density at radius 1 is 1.38 bits per heavy atom. The van der Waals surface area contributed by atoms with Crippen LogP contribution in [0.2, 0.25) is 0 Å². The predicted octanol–water partition coefficient (Wildman–Crippen LogP) is -2.78. The first-order valence-corrected chi connectivity index (χ1v) is 3.54. The average molecular weight is 194 g/mol. The number of aliphatic hydroxyl groups is 4. The smallest absolute Gasteiger partial charge is 0.364 e. The first-order valence-electron chi connectivity index (χ1n) is 3.54. The molecular formula is C6H10O7. The second kappa shape index (κ2) is 3.20. The van der Waals surface area contributed by atoms with Gasteiger partial charge in [0.1, 0.15) is 6.10 Å². The van der Waals surface area contributed by atoms with Crippen molar-refractivity contribution in [3.63, 3.8) is 0 Å². The summed E-state index contributed by atoms with van der Waals surface area (Å²) in [5.41, 5.74) is 0. The maximum absolute atomic E-state index is 10.4. The monoisotopic (exact) mass is 194 g/mol. The first kappa shape index (κ1) is 10.4. The summed E-state index contributed by atoms with van der Waals surface area (Å²) in [6, 6.07) is 0. The van der Waals surface area contributed by atoms with Crippen LogP contribution in [0.4, 0.5) is 0 Å². The van der Waals surface area contributed by atoms with Crippen molar-refractivity contribution in [1.82, 2.24) is 0 Å². The fourth-order valence-electron chi connectivity index (χ4n) is 1.05. The summed E-state index contributed by atoms with van der Waals surface area (Å²) in [7, 11) is 0. The van der Waals surface area contributed by atoms with Gasteiger partial charge >= 0.3 is 5.97 Å². The van der Waals surface area contributed by atoms with Gasteiger partial charge in [0.25, 0.3) is 5.79 Å². The predicted molar refractivity (Wildman–Crippen MR) is 36.3 cm³/mol. The van der Waals surface area contributed by atoms with Gasteiger partial charge in [0, 0.05) is 6.42 Å². The van der Waals surface area contributed by atoms with Crippen LogP contribution in [-0.2, 0) is 9.53 Å². The molecule has 7 nitrogen and oxygen atoms in total. The summed E-state index contributed by atoms with van der Waals surface area (Å²) in [5.74, 6) is -4.37. The number of rotatable bonds is 1. The molecule has 4 atom stereocenters. The Bertz CT molecular complexity index is 203. The van der Waals surface area contributed by atoms with Crippen LogP contribution in [0.25, 0.3) is 0 Å². The minimum absolute atomic E-state index is 0.694. The lowest BCUT2D eigenvalue weighted by molar-refractivity contribution is -0.337. The highest BCUT2D eigenvalue weighted by molar-refractivity contribution is 5.75. The van der Waals surface area contributed by atoms with E-state index in [1.165, 1.54) is 0 Å². The molecule has 13 heavy (non-hydrogen) atoms.